The number of hydrogen-bond donors (Lipinski definition) is 2. The molecule has 7 heteroatoms. The van der Waals surface area contributed by atoms with Gasteiger partial charge in [-0.15, -0.1) is 0 Å². The lowest BCUT2D eigenvalue weighted by molar-refractivity contribution is 0.0923. The maximum Gasteiger partial charge on any atom is 0.287 e. The lowest BCUT2D eigenvalue weighted by Gasteiger charge is -2.35. The highest BCUT2D eigenvalue weighted by atomic mass is 16.3. The minimum absolute atomic E-state index is 0.140. The van der Waals surface area contributed by atoms with Crippen molar-refractivity contribution in [3.8, 4) is 0 Å². The lowest BCUT2D eigenvalue weighted by Crippen LogP contribution is -2.56. The van der Waals surface area contributed by atoms with E-state index in [-0.39, 0.29) is 11.3 Å². The maximum atomic E-state index is 12.5. The molecule has 0 aromatic carbocycles. The lowest BCUT2D eigenvalue weighted by atomic mass is 10.1. The Balaban J connectivity index is 1.94. The first-order valence-corrected chi connectivity index (χ1v) is 6.36. The van der Waals surface area contributed by atoms with Gasteiger partial charge in [-0.1, -0.05) is 0 Å². The molecule has 1 atom stereocenters. The summed E-state index contributed by atoms with van der Waals surface area (Å²) in [5, 5.41) is 9.23. The highest BCUT2D eigenvalue weighted by Crippen LogP contribution is 2.17. The van der Waals surface area contributed by atoms with Crippen molar-refractivity contribution in [2.24, 2.45) is 0 Å². The molecular formula is C13H14N4O3. The Morgan fingerprint density at radius 2 is 2.35 bits per heavy atom. The van der Waals surface area contributed by atoms with E-state index in [2.05, 4.69) is 15.5 Å². The highest BCUT2D eigenvalue weighted by Gasteiger charge is 2.32. The molecule has 0 radical (unpaired) electrons. The minimum Gasteiger partial charge on any atom is -0.461 e. The molecule has 1 saturated heterocycles. The average Bonchev–Trinajstić information content (AvgIpc) is 3.01. The van der Waals surface area contributed by atoms with Crippen molar-refractivity contribution in [3.05, 3.63) is 46.8 Å². The monoisotopic (exact) mass is 274 g/mol. The first kappa shape index (κ1) is 12.6. The molecule has 104 valence electrons. The van der Waals surface area contributed by atoms with Crippen LogP contribution >= 0.6 is 0 Å². The predicted molar refractivity (Wildman–Crippen MR) is 71.9 cm³/mol. The number of rotatable bonds is 3. The highest BCUT2D eigenvalue weighted by molar-refractivity contribution is 6.00. The second kappa shape index (κ2) is 5.30. The number of carbonyl (C=O) groups is 1. The molecule has 7 nitrogen and oxygen atoms in total. The minimum atomic E-state index is -0.460. The first-order chi connectivity index (χ1) is 9.77. The Kier molecular flexibility index (Phi) is 3.34. The Morgan fingerprint density at radius 1 is 1.45 bits per heavy atom. The van der Waals surface area contributed by atoms with Crippen LogP contribution in [0, 0.1) is 0 Å². The largest absolute Gasteiger partial charge is 0.461 e. The van der Waals surface area contributed by atoms with Gasteiger partial charge in [0, 0.05) is 25.8 Å². The normalized spacial score (nSPS) is 19.0. The van der Waals surface area contributed by atoms with Gasteiger partial charge in [0.05, 0.1) is 6.26 Å². The Hall–Kier alpha value is -2.41. The third-order valence-electron chi connectivity index (χ3n) is 3.33. The van der Waals surface area contributed by atoms with Crippen molar-refractivity contribution in [2.45, 2.75) is 6.04 Å². The predicted octanol–water partition coefficient (Wildman–Crippen LogP) is 0.0240. The molecule has 1 fully saturated rings. The smallest absolute Gasteiger partial charge is 0.287 e. The average molecular weight is 274 g/mol. The van der Waals surface area contributed by atoms with Crippen molar-refractivity contribution in [2.75, 3.05) is 24.5 Å². The zero-order valence-corrected chi connectivity index (χ0v) is 10.7. The van der Waals surface area contributed by atoms with Gasteiger partial charge in [-0.3, -0.25) is 9.59 Å². The van der Waals surface area contributed by atoms with Crippen molar-refractivity contribution < 1.29 is 9.21 Å². The van der Waals surface area contributed by atoms with Crippen LogP contribution in [0.2, 0.25) is 0 Å². The fourth-order valence-corrected chi connectivity index (χ4v) is 2.37. The summed E-state index contributed by atoms with van der Waals surface area (Å²) < 4.78 is 5.16. The van der Waals surface area contributed by atoms with Gasteiger partial charge in [-0.05, 0) is 18.2 Å². The van der Waals surface area contributed by atoms with Crippen LogP contribution in [0.15, 0.2) is 39.9 Å². The molecule has 1 aliphatic rings. The van der Waals surface area contributed by atoms with E-state index in [9.17, 15) is 9.59 Å². The zero-order valence-electron chi connectivity index (χ0n) is 10.7. The summed E-state index contributed by atoms with van der Waals surface area (Å²) in [6, 6.07) is 4.46. The van der Waals surface area contributed by atoms with Crippen LogP contribution in [0.25, 0.3) is 0 Å². The van der Waals surface area contributed by atoms with Crippen molar-refractivity contribution in [3.63, 3.8) is 0 Å². The SMILES string of the molecule is O=C(c1ccco1)C1CNCCN1c1ccn[nH]c1=O. The van der Waals surface area contributed by atoms with Crippen LogP contribution in [0.5, 0.6) is 0 Å². The molecule has 0 amide bonds. The Morgan fingerprint density at radius 3 is 3.10 bits per heavy atom. The third kappa shape index (κ3) is 2.23. The summed E-state index contributed by atoms with van der Waals surface area (Å²) in [6.07, 6.45) is 2.97. The number of carbonyl (C=O) groups excluding carboxylic acids is 1. The molecular weight excluding hydrogens is 260 g/mol. The summed E-state index contributed by atoms with van der Waals surface area (Å²) in [4.78, 5) is 26.1. The van der Waals surface area contributed by atoms with Gasteiger partial charge in [0.15, 0.2) is 5.76 Å². The Bertz CT molecular complexity index is 650. The first-order valence-electron chi connectivity index (χ1n) is 6.36. The van der Waals surface area contributed by atoms with Crippen LogP contribution in [-0.4, -0.2) is 41.7 Å². The number of nitrogens with one attached hydrogen (secondary N) is 2. The molecule has 20 heavy (non-hydrogen) atoms. The van der Waals surface area contributed by atoms with E-state index in [1.807, 2.05) is 0 Å². The molecule has 1 unspecified atom stereocenters. The molecule has 3 rings (SSSR count). The number of anilines is 1. The van der Waals surface area contributed by atoms with E-state index in [1.165, 1.54) is 12.5 Å². The molecule has 0 aliphatic carbocycles. The summed E-state index contributed by atoms with van der Waals surface area (Å²) >= 11 is 0. The second-order valence-electron chi connectivity index (χ2n) is 4.53. The second-order valence-corrected chi connectivity index (χ2v) is 4.53. The number of ketones is 1. The number of aromatic amines is 1. The van der Waals surface area contributed by atoms with Gasteiger partial charge < -0.3 is 14.6 Å². The summed E-state index contributed by atoms with van der Waals surface area (Å²) in [5.74, 6) is 0.160. The summed E-state index contributed by atoms with van der Waals surface area (Å²) in [5.41, 5.74) is 0.151. The van der Waals surface area contributed by atoms with E-state index in [1.54, 1.807) is 23.1 Å². The fourth-order valence-electron chi connectivity index (χ4n) is 2.37. The van der Waals surface area contributed by atoms with Crippen LogP contribution in [0.1, 0.15) is 10.6 Å². The number of furan rings is 1. The molecule has 2 aromatic rings. The Labute approximate surface area is 114 Å². The molecule has 3 heterocycles. The van der Waals surface area contributed by atoms with Crippen LogP contribution in [0.3, 0.4) is 0 Å². The molecule has 0 saturated carbocycles. The number of H-pyrrole nitrogens is 1. The summed E-state index contributed by atoms with van der Waals surface area (Å²) in [7, 11) is 0. The zero-order chi connectivity index (χ0) is 13.9. The van der Waals surface area contributed by atoms with Crippen molar-refractivity contribution >= 4 is 11.5 Å². The quantitative estimate of drug-likeness (QED) is 0.767. The standard InChI is InChI=1S/C13H14N4O3/c18-12(11-2-1-7-20-11)10-8-14-5-6-17(10)9-3-4-15-16-13(9)19/h1-4,7,10,14H,5-6,8H2,(H,16,19). The van der Waals surface area contributed by atoms with Gasteiger partial charge in [0.25, 0.3) is 5.56 Å². The molecule has 1 aliphatic heterocycles. The van der Waals surface area contributed by atoms with Crippen LogP contribution < -0.4 is 15.8 Å². The van der Waals surface area contributed by atoms with E-state index in [0.29, 0.717) is 31.1 Å². The topological polar surface area (TPSA) is 91.2 Å². The van der Waals surface area contributed by atoms with Crippen LogP contribution in [0.4, 0.5) is 5.69 Å². The maximum absolute atomic E-state index is 12.5. The van der Waals surface area contributed by atoms with E-state index < -0.39 is 6.04 Å². The van der Waals surface area contributed by atoms with Crippen molar-refractivity contribution in [1.82, 2.24) is 15.5 Å². The van der Waals surface area contributed by atoms with Gasteiger partial charge >= 0.3 is 0 Å². The van der Waals surface area contributed by atoms with Crippen LogP contribution in [-0.2, 0) is 0 Å². The molecule has 2 N–H and O–H groups in total. The number of nitrogens with zero attached hydrogens (tertiary/aromatic N) is 2. The molecule has 0 spiro atoms. The molecule has 0 bridgehead atoms. The van der Waals surface area contributed by atoms with Gasteiger partial charge in [-0.2, -0.15) is 5.10 Å². The van der Waals surface area contributed by atoms with E-state index in [4.69, 9.17) is 4.42 Å². The number of aromatic nitrogens is 2. The molecule has 2 aromatic heterocycles. The number of piperazine rings is 1. The van der Waals surface area contributed by atoms with E-state index >= 15 is 0 Å². The fraction of sp³-hybridized carbons (Fsp3) is 0.308. The van der Waals surface area contributed by atoms with E-state index in [0.717, 1.165) is 0 Å². The third-order valence-corrected chi connectivity index (χ3v) is 3.33. The number of Topliss-reactive ketones (excluding diaryl/α,β-unsaturated/α-hetero) is 1. The van der Waals surface area contributed by atoms with Gasteiger partial charge in [-0.25, -0.2) is 5.10 Å². The summed E-state index contributed by atoms with van der Waals surface area (Å²) in [6.45, 7) is 1.76. The van der Waals surface area contributed by atoms with Gasteiger partial charge in [0.2, 0.25) is 5.78 Å². The number of hydrogen-bond acceptors (Lipinski definition) is 6. The van der Waals surface area contributed by atoms with Crippen molar-refractivity contribution in [1.29, 1.82) is 0 Å². The van der Waals surface area contributed by atoms with Gasteiger partial charge in [0.1, 0.15) is 11.7 Å².